The first-order valence-electron chi connectivity index (χ1n) is 7.48. The van der Waals surface area contributed by atoms with Gasteiger partial charge in [0.05, 0.1) is 24.4 Å². The molecule has 0 spiro atoms. The van der Waals surface area contributed by atoms with Gasteiger partial charge in [-0.15, -0.1) is 0 Å². The highest BCUT2D eigenvalue weighted by molar-refractivity contribution is 7.80. The second kappa shape index (κ2) is 7.15. The minimum Gasteiger partial charge on any atom is -0.495 e. The molecule has 1 aromatic heterocycles. The van der Waals surface area contributed by atoms with Gasteiger partial charge in [0, 0.05) is 24.0 Å². The summed E-state index contributed by atoms with van der Waals surface area (Å²) < 4.78 is 5.24. The van der Waals surface area contributed by atoms with E-state index in [1.54, 1.807) is 19.4 Å². The van der Waals surface area contributed by atoms with Gasteiger partial charge in [-0.3, -0.25) is 4.98 Å². The number of aromatic nitrogens is 1. The summed E-state index contributed by atoms with van der Waals surface area (Å²) in [6, 6.07) is 12.0. The summed E-state index contributed by atoms with van der Waals surface area (Å²) in [6.07, 6.45) is 4.14. The van der Waals surface area contributed by atoms with Gasteiger partial charge in [-0.05, 0) is 49.3 Å². The molecule has 1 fully saturated rings. The van der Waals surface area contributed by atoms with Gasteiger partial charge >= 0.3 is 0 Å². The van der Waals surface area contributed by atoms with Crippen molar-refractivity contribution in [1.82, 2.24) is 9.88 Å². The van der Waals surface area contributed by atoms with Gasteiger partial charge in [-0.25, -0.2) is 0 Å². The van der Waals surface area contributed by atoms with Crippen LogP contribution in [0.25, 0.3) is 0 Å². The quantitative estimate of drug-likeness (QED) is 0.824. The maximum atomic E-state index is 6.06. The summed E-state index contributed by atoms with van der Waals surface area (Å²) in [5, 5.41) is 4.55. The van der Waals surface area contributed by atoms with Crippen LogP contribution in [0.15, 0.2) is 42.6 Å². The number of rotatable bonds is 5. The molecule has 2 aromatic rings. The van der Waals surface area contributed by atoms with Crippen LogP contribution in [0.2, 0.25) is 5.02 Å². The molecular formula is C17H18ClN3OS. The Morgan fingerprint density at radius 3 is 2.87 bits per heavy atom. The van der Waals surface area contributed by atoms with Crippen molar-refractivity contribution in [3.8, 4) is 5.75 Å². The number of hydrogen-bond acceptors (Lipinski definition) is 3. The largest absolute Gasteiger partial charge is 0.495 e. The molecule has 1 aliphatic carbocycles. The predicted octanol–water partition coefficient (Wildman–Crippen LogP) is 4.11. The zero-order chi connectivity index (χ0) is 16.2. The molecule has 6 heteroatoms. The van der Waals surface area contributed by atoms with Crippen LogP contribution in [0, 0.1) is 0 Å². The number of methoxy groups -OCH3 is 1. The van der Waals surface area contributed by atoms with Crippen LogP contribution in [-0.4, -0.2) is 28.1 Å². The molecule has 1 saturated carbocycles. The summed E-state index contributed by atoms with van der Waals surface area (Å²) in [5.74, 6) is 0.627. The molecule has 23 heavy (non-hydrogen) atoms. The van der Waals surface area contributed by atoms with E-state index in [0.717, 1.165) is 11.4 Å². The van der Waals surface area contributed by atoms with Crippen molar-refractivity contribution in [2.75, 3.05) is 12.4 Å². The maximum absolute atomic E-state index is 6.06. The SMILES string of the molecule is COc1cc(NC(=S)N(Cc2ccccn2)C2CC2)ccc1Cl. The summed E-state index contributed by atoms with van der Waals surface area (Å²) in [7, 11) is 1.60. The van der Waals surface area contributed by atoms with Crippen LogP contribution in [0.1, 0.15) is 18.5 Å². The number of hydrogen-bond donors (Lipinski definition) is 1. The Labute approximate surface area is 146 Å². The van der Waals surface area contributed by atoms with Crippen LogP contribution in [-0.2, 0) is 6.54 Å². The maximum Gasteiger partial charge on any atom is 0.174 e. The van der Waals surface area contributed by atoms with Crippen LogP contribution in [0.5, 0.6) is 5.75 Å². The standard InChI is InChI=1S/C17H18ClN3OS/c1-22-16-10-12(5-8-15(16)18)20-17(23)21(14-6-7-14)11-13-4-2-3-9-19-13/h2-5,8-10,14H,6-7,11H2,1H3,(H,20,23). The molecule has 1 aromatic carbocycles. The summed E-state index contributed by atoms with van der Waals surface area (Å²) in [6.45, 7) is 0.710. The van der Waals surface area contributed by atoms with Crippen molar-refractivity contribution in [2.45, 2.75) is 25.4 Å². The number of thiocarbonyl (C=S) groups is 1. The van der Waals surface area contributed by atoms with E-state index in [9.17, 15) is 0 Å². The fourth-order valence-corrected chi connectivity index (χ4v) is 2.88. The first-order valence-corrected chi connectivity index (χ1v) is 8.27. The molecule has 0 bridgehead atoms. The van der Waals surface area contributed by atoms with Gasteiger partial charge in [0.15, 0.2) is 5.11 Å². The first-order chi connectivity index (χ1) is 11.2. The molecule has 1 heterocycles. The Bertz CT molecular complexity index is 691. The molecule has 3 rings (SSSR count). The monoisotopic (exact) mass is 347 g/mol. The predicted molar refractivity (Wildman–Crippen MR) is 97.0 cm³/mol. The zero-order valence-electron chi connectivity index (χ0n) is 12.8. The van der Waals surface area contributed by atoms with E-state index >= 15 is 0 Å². The van der Waals surface area contributed by atoms with Crippen LogP contribution in [0.3, 0.4) is 0 Å². The van der Waals surface area contributed by atoms with Gasteiger partial charge < -0.3 is 15.0 Å². The second-order valence-corrected chi connectivity index (χ2v) is 6.25. The minimum atomic E-state index is 0.492. The zero-order valence-corrected chi connectivity index (χ0v) is 14.4. The van der Waals surface area contributed by atoms with E-state index in [2.05, 4.69) is 15.2 Å². The third-order valence-corrected chi connectivity index (χ3v) is 4.36. The van der Waals surface area contributed by atoms with Crippen LogP contribution < -0.4 is 10.1 Å². The fourth-order valence-electron chi connectivity index (χ4n) is 2.35. The highest BCUT2D eigenvalue weighted by atomic mass is 35.5. The molecule has 0 aliphatic heterocycles. The Morgan fingerprint density at radius 2 is 2.22 bits per heavy atom. The Morgan fingerprint density at radius 1 is 1.39 bits per heavy atom. The third kappa shape index (κ3) is 4.12. The molecule has 120 valence electrons. The topological polar surface area (TPSA) is 37.4 Å². The van der Waals surface area contributed by atoms with E-state index < -0.39 is 0 Å². The molecule has 4 nitrogen and oxygen atoms in total. The van der Waals surface area contributed by atoms with Crippen LogP contribution >= 0.6 is 23.8 Å². The lowest BCUT2D eigenvalue weighted by molar-refractivity contribution is 0.404. The lowest BCUT2D eigenvalue weighted by atomic mass is 10.3. The number of benzene rings is 1. The number of nitrogens with zero attached hydrogens (tertiary/aromatic N) is 2. The smallest absolute Gasteiger partial charge is 0.174 e. The van der Waals surface area contributed by atoms with Crippen molar-refractivity contribution in [3.63, 3.8) is 0 Å². The fraction of sp³-hybridized carbons (Fsp3) is 0.294. The molecule has 0 saturated heterocycles. The second-order valence-electron chi connectivity index (χ2n) is 5.46. The molecular weight excluding hydrogens is 330 g/mol. The average Bonchev–Trinajstić information content (AvgIpc) is 3.40. The van der Waals surface area contributed by atoms with Gasteiger partial charge in [0.25, 0.3) is 0 Å². The Kier molecular flexibility index (Phi) is 4.98. The Hall–Kier alpha value is -1.85. The number of halogens is 1. The lowest BCUT2D eigenvalue weighted by Gasteiger charge is -2.25. The molecule has 0 atom stereocenters. The first kappa shape index (κ1) is 16.0. The van der Waals surface area contributed by atoms with Crippen LogP contribution in [0.4, 0.5) is 5.69 Å². The highest BCUT2D eigenvalue weighted by Gasteiger charge is 2.31. The van der Waals surface area contributed by atoms with Gasteiger partial charge in [-0.1, -0.05) is 17.7 Å². The van der Waals surface area contributed by atoms with E-state index in [1.165, 1.54) is 12.8 Å². The summed E-state index contributed by atoms with van der Waals surface area (Å²) in [4.78, 5) is 6.58. The average molecular weight is 348 g/mol. The molecule has 1 aliphatic rings. The van der Waals surface area contributed by atoms with Crippen molar-refractivity contribution >= 4 is 34.6 Å². The van der Waals surface area contributed by atoms with Crippen molar-refractivity contribution in [2.24, 2.45) is 0 Å². The minimum absolute atomic E-state index is 0.492. The number of pyridine rings is 1. The van der Waals surface area contributed by atoms with Crippen molar-refractivity contribution < 1.29 is 4.74 Å². The van der Waals surface area contributed by atoms with E-state index in [4.69, 9.17) is 28.6 Å². The van der Waals surface area contributed by atoms with Gasteiger partial charge in [-0.2, -0.15) is 0 Å². The van der Waals surface area contributed by atoms with E-state index in [1.807, 2.05) is 30.3 Å². The Balaban J connectivity index is 1.72. The molecule has 0 radical (unpaired) electrons. The third-order valence-electron chi connectivity index (χ3n) is 3.71. The number of anilines is 1. The molecule has 1 N–H and O–H groups in total. The van der Waals surface area contributed by atoms with Gasteiger partial charge in [0.2, 0.25) is 0 Å². The molecule has 0 unspecified atom stereocenters. The lowest BCUT2D eigenvalue weighted by Crippen LogP contribution is -2.36. The van der Waals surface area contributed by atoms with E-state index in [0.29, 0.717) is 28.5 Å². The summed E-state index contributed by atoms with van der Waals surface area (Å²) in [5.41, 5.74) is 1.88. The summed E-state index contributed by atoms with van der Waals surface area (Å²) >= 11 is 11.7. The number of ether oxygens (including phenoxy) is 1. The van der Waals surface area contributed by atoms with Crippen molar-refractivity contribution in [1.29, 1.82) is 0 Å². The van der Waals surface area contributed by atoms with E-state index in [-0.39, 0.29) is 0 Å². The molecule has 0 amide bonds. The normalized spacial score (nSPS) is 13.5. The highest BCUT2D eigenvalue weighted by Crippen LogP contribution is 2.30. The van der Waals surface area contributed by atoms with Gasteiger partial charge in [0.1, 0.15) is 5.75 Å². The number of nitrogens with one attached hydrogen (secondary N) is 1. The van der Waals surface area contributed by atoms with Crippen molar-refractivity contribution in [3.05, 3.63) is 53.3 Å².